The van der Waals surface area contributed by atoms with Crippen LogP contribution in [0.5, 0.6) is 5.75 Å². The minimum atomic E-state index is -0.765. The SMILES string of the molecule is CNCCOc1cccc(Nc2nccc(-c3scnc3C3=CCCC(N(C)C(=O)c4cc(F)ccc4F)=C3)n2)c1. The smallest absolute Gasteiger partial charge is 0.260 e. The predicted octanol–water partition coefficient (Wildman–Crippen LogP) is 6.05. The lowest BCUT2D eigenvalue weighted by Gasteiger charge is -2.24. The molecule has 1 aliphatic carbocycles. The van der Waals surface area contributed by atoms with E-state index in [9.17, 15) is 13.6 Å². The molecular weight excluding hydrogens is 546 g/mol. The number of amides is 1. The van der Waals surface area contributed by atoms with Crippen molar-refractivity contribution in [3.05, 3.63) is 101 Å². The fraction of sp³-hybridized carbons (Fsp3) is 0.200. The number of carbonyl (C=O) groups is 1. The standard InChI is InChI=1S/C30H28F2N6O2S/c1-33-13-14-40-23-8-4-6-21(17-23)36-30-34-12-11-26(37-30)28-27(35-18-41-28)19-5-3-7-22(15-19)38(2)29(39)24-16-20(31)9-10-25(24)32/h4-6,8-12,15-18,33H,3,7,13-14H2,1-2H3,(H,34,36,37). The summed E-state index contributed by atoms with van der Waals surface area (Å²) in [5.41, 5.74) is 5.13. The number of nitrogens with zero attached hydrogens (tertiary/aromatic N) is 4. The van der Waals surface area contributed by atoms with Gasteiger partial charge in [-0.05, 0) is 67.9 Å². The monoisotopic (exact) mass is 574 g/mol. The molecule has 0 radical (unpaired) electrons. The molecule has 0 spiro atoms. The van der Waals surface area contributed by atoms with E-state index >= 15 is 0 Å². The van der Waals surface area contributed by atoms with Crippen LogP contribution >= 0.6 is 11.3 Å². The van der Waals surface area contributed by atoms with Crippen molar-refractivity contribution in [3.63, 3.8) is 0 Å². The van der Waals surface area contributed by atoms with Crippen LogP contribution in [0.3, 0.4) is 0 Å². The molecule has 0 bridgehead atoms. The first-order valence-corrected chi connectivity index (χ1v) is 13.9. The number of hydrogen-bond donors (Lipinski definition) is 2. The number of benzene rings is 2. The number of carbonyl (C=O) groups excluding carboxylic acids is 1. The Morgan fingerprint density at radius 2 is 2.02 bits per heavy atom. The molecule has 1 aliphatic rings. The first-order valence-electron chi connectivity index (χ1n) is 13.0. The molecule has 2 N–H and O–H groups in total. The largest absolute Gasteiger partial charge is 0.492 e. The Hall–Kier alpha value is -4.48. The zero-order valence-electron chi connectivity index (χ0n) is 22.5. The van der Waals surface area contributed by atoms with Gasteiger partial charge in [0, 0.05) is 37.2 Å². The van der Waals surface area contributed by atoms with Crippen molar-refractivity contribution in [2.75, 3.05) is 32.6 Å². The van der Waals surface area contributed by atoms with Crippen molar-refractivity contribution in [3.8, 4) is 16.3 Å². The average Bonchev–Trinajstić information content (AvgIpc) is 3.49. The molecule has 11 heteroatoms. The lowest BCUT2D eigenvalue weighted by molar-refractivity contribution is 0.0827. The molecule has 210 valence electrons. The van der Waals surface area contributed by atoms with Gasteiger partial charge in [0.05, 0.1) is 27.3 Å². The number of aromatic nitrogens is 3. The fourth-order valence-electron chi connectivity index (χ4n) is 4.33. The topological polar surface area (TPSA) is 92.3 Å². The van der Waals surface area contributed by atoms with Crippen LogP contribution in [0.15, 0.2) is 78.1 Å². The second-order valence-electron chi connectivity index (χ2n) is 9.22. The van der Waals surface area contributed by atoms with E-state index in [4.69, 9.17) is 9.72 Å². The maximum atomic E-state index is 14.3. The van der Waals surface area contributed by atoms with Crippen LogP contribution in [0.25, 0.3) is 16.1 Å². The number of anilines is 2. The van der Waals surface area contributed by atoms with Gasteiger partial charge >= 0.3 is 0 Å². The van der Waals surface area contributed by atoms with E-state index in [0.29, 0.717) is 36.8 Å². The Morgan fingerprint density at radius 1 is 1.15 bits per heavy atom. The van der Waals surface area contributed by atoms with Crippen LogP contribution < -0.4 is 15.4 Å². The van der Waals surface area contributed by atoms with E-state index in [1.807, 2.05) is 49.5 Å². The number of allylic oxidation sites excluding steroid dienone is 4. The van der Waals surface area contributed by atoms with Crippen molar-refractivity contribution < 1.29 is 18.3 Å². The van der Waals surface area contributed by atoms with Crippen LogP contribution in [-0.4, -0.2) is 53.0 Å². The van der Waals surface area contributed by atoms with Crippen LogP contribution in [-0.2, 0) is 0 Å². The second kappa shape index (κ2) is 12.8. The van der Waals surface area contributed by atoms with Gasteiger partial charge in [-0.3, -0.25) is 4.79 Å². The highest BCUT2D eigenvalue weighted by molar-refractivity contribution is 7.13. The number of nitrogens with one attached hydrogen (secondary N) is 2. The van der Waals surface area contributed by atoms with Gasteiger partial charge in [0.2, 0.25) is 5.95 Å². The minimum Gasteiger partial charge on any atom is -0.492 e. The van der Waals surface area contributed by atoms with Gasteiger partial charge in [-0.1, -0.05) is 12.1 Å². The molecule has 0 saturated heterocycles. The summed E-state index contributed by atoms with van der Waals surface area (Å²) >= 11 is 1.44. The van der Waals surface area contributed by atoms with E-state index in [0.717, 1.165) is 52.3 Å². The number of likely N-dealkylation sites (N-methyl/N-ethyl adjacent to an activating group) is 1. The molecule has 41 heavy (non-hydrogen) atoms. The second-order valence-corrected chi connectivity index (χ2v) is 10.1. The highest BCUT2D eigenvalue weighted by Crippen LogP contribution is 2.35. The lowest BCUT2D eigenvalue weighted by Crippen LogP contribution is -2.27. The molecule has 1 amide bonds. The maximum Gasteiger partial charge on any atom is 0.260 e. The molecule has 2 heterocycles. The quantitative estimate of drug-likeness (QED) is 0.223. The summed E-state index contributed by atoms with van der Waals surface area (Å²) in [4.78, 5) is 28.9. The molecule has 2 aromatic heterocycles. The van der Waals surface area contributed by atoms with E-state index < -0.39 is 17.5 Å². The summed E-state index contributed by atoms with van der Waals surface area (Å²) in [6.07, 6.45) is 6.81. The molecule has 5 rings (SSSR count). The average molecular weight is 575 g/mol. The predicted molar refractivity (Wildman–Crippen MR) is 156 cm³/mol. The van der Waals surface area contributed by atoms with Crippen molar-refractivity contribution in [1.29, 1.82) is 0 Å². The first-order chi connectivity index (χ1) is 19.9. The number of ether oxygens (including phenoxy) is 1. The number of halogens is 2. The molecule has 0 unspecified atom stereocenters. The fourth-order valence-corrected chi connectivity index (χ4v) is 5.11. The summed E-state index contributed by atoms with van der Waals surface area (Å²) in [6.45, 7) is 1.29. The first kappa shape index (κ1) is 28.1. The van der Waals surface area contributed by atoms with Gasteiger partial charge in [-0.25, -0.2) is 23.7 Å². The summed E-state index contributed by atoms with van der Waals surface area (Å²) in [7, 11) is 3.43. The van der Waals surface area contributed by atoms with Gasteiger partial charge < -0.3 is 20.3 Å². The van der Waals surface area contributed by atoms with Gasteiger partial charge in [-0.15, -0.1) is 11.3 Å². The normalized spacial score (nSPS) is 12.9. The van der Waals surface area contributed by atoms with E-state index in [1.54, 1.807) is 18.8 Å². The third-order valence-corrected chi connectivity index (χ3v) is 7.27. The van der Waals surface area contributed by atoms with Crippen LogP contribution in [0.1, 0.15) is 28.9 Å². The molecule has 2 aromatic carbocycles. The Kier molecular flexibility index (Phi) is 8.76. The molecule has 8 nitrogen and oxygen atoms in total. The Labute approximate surface area is 240 Å². The highest BCUT2D eigenvalue weighted by atomic mass is 32.1. The van der Waals surface area contributed by atoms with Gasteiger partial charge in [0.1, 0.15) is 24.0 Å². The Balaban J connectivity index is 1.35. The van der Waals surface area contributed by atoms with E-state index in [2.05, 4.69) is 20.6 Å². The number of rotatable bonds is 10. The molecule has 0 saturated carbocycles. The molecule has 0 fully saturated rings. The summed E-state index contributed by atoms with van der Waals surface area (Å²) in [5.74, 6) is -0.890. The summed E-state index contributed by atoms with van der Waals surface area (Å²) in [6, 6.07) is 12.3. The highest BCUT2D eigenvalue weighted by Gasteiger charge is 2.23. The van der Waals surface area contributed by atoms with Crippen LogP contribution in [0.2, 0.25) is 0 Å². The van der Waals surface area contributed by atoms with Crippen molar-refractivity contribution in [2.24, 2.45) is 0 Å². The Morgan fingerprint density at radius 3 is 2.88 bits per heavy atom. The third-order valence-electron chi connectivity index (χ3n) is 6.42. The molecule has 4 aromatic rings. The number of hydrogen-bond acceptors (Lipinski definition) is 8. The minimum absolute atomic E-state index is 0.310. The summed E-state index contributed by atoms with van der Waals surface area (Å²) < 4.78 is 33.7. The molecule has 0 aliphatic heterocycles. The van der Waals surface area contributed by atoms with Crippen LogP contribution in [0.4, 0.5) is 20.4 Å². The molecule has 0 atom stereocenters. The van der Waals surface area contributed by atoms with Gasteiger partial charge in [0.25, 0.3) is 5.91 Å². The maximum absolute atomic E-state index is 14.3. The van der Waals surface area contributed by atoms with Crippen molar-refractivity contribution in [2.45, 2.75) is 12.8 Å². The zero-order chi connectivity index (χ0) is 28.8. The lowest BCUT2D eigenvalue weighted by atomic mass is 9.99. The Bertz CT molecular complexity index is 1620. The van der Waals surface area contributed by atoms with Gasteiger partial charge in [-0.2, -0.15) is 0 Å². The van der Waals surface area contributed by atoms with Gasteiger partial charge in [0.15, 0.2) is 0 Å². The van der Waals surface area contributed by atoms with Crippen molar-refractivity contribution in [1.82, 2.24) is 25.2 Å². The summed E-state index contributed by atoms with van der Waals surface area (Å²) in [5, 5.41) is 6.28. The molecular formula is C30H28F2N6O2S. The zero-order valence-corrected chi connectivity index (χ0v) is 23.3. The van der Waals surface area contributed by atoms with Crippen LogP contribution in [0, 0.1) is 11.6 Å². The van der Waals surface area contributed by atoms with E-state index in [-0.39, 0.29) is 5.56 Å². The van der Waals surface area contributed by atoms with Crippen molar-refractivity contribution >= 4 is 34.5 Å². The third kappa shape index (κ3) is 6.64. The number of thiazole rings is 1. The van der Waals surface area contributed by atoms with E-state index in [1.165, 1.54) is 16.2 Å².